The number of fused-ring (bicyclic) bond motifs is 2. The van der Waals surface area contributed by atoms with E-state index in [9.17, 15) is 0 Å². The molecular formula is C12H14INS2. The summed E-state index contributed by atoms with van der Waals surface area (Å²) in [6, 6.07) is 9.62. The Morgan fingerprint density at radius 3 is 2.81 bits per heavy atom. The van der Waals surface area contributed by atoms with Crippen LogP contribution in [0.2, 0.25) is 0 Å². The normalized spacial score (nSPS) is 22.4. The molecule has 0 amide bonds. The second-order valence-corrected chi connectivity index (χ2v) is 6.10. The summed E-state index contributed by atoms with van der Waals surface area (Å²) in [5.74, 6) is 1.27. The average Bonchev–Trinajstić information content (AvgIpc) is 2.68. The van der Waals surface area contributed by atoms with E-state index < -0.39 is 0 Å². The fourth-order valence-corrected chi connectivity index (χ4v) is 4.51. The van der Waals surface area contributed by atoms with Gasteiger partial charge < -0.3 is 24.0 Å². The quantitative estimate of drug-likeness (QED) is 0.456. The molecule has 0 bridgehead atoms. The molecule has 0 saturated heterocycles. The summed E-state index contributed by atoms with van der Waals surface area (Å²) in [4.78, 5) is 0. The molecule has 0 aliphatic carbocycles. The van der Waals surface area contributed by atoms with Crippen molar-refractivity contribution in [2.24, 2.45) is 0 Å². The van der Waals surface area contributed by atoms with E-state index in [1.54, 1.807) is 5.56 Å². The van der Waals surface area contributed by atoms with Crippen LogP contribution in [0.3, 0.4) is 0 Å². The third-order valence-electron chi connectivity index (χ3n) is 3.16. The molecule has 3 rings (SSSR count). The lowest BCUT2D eigenvalue weighted by Crippen LogP contribution is -3.00. The van der Waals surface area contributed by atoms with Crippen molar-refractivity contribution in [1.29, 1.82) is 0 Å². The summed E-state index contributed by atoms with van der Waals surface area (Å²) in [6.07, 6.45) is 3.42. The van der Waals surface area contributed by atoms with Gasteiger partial charge >= 0.3 is 0 Å². The molecule has 0 N–H and O–H groups in total. The van der Waals surface area contributed by atoms with Crippen molar-refractivity contribution in [2.75, 3.05) is 12.0 Å². The standard InChI is InChI=1S/C12H14NS2.HI/c1-14-12-13-7-10-5-3-2-4-9(10)6-11(13)8-15-12;/h2-5,11H,6-8H2,1H3;1H/q+1;/p-1/t11-;/m0./s1. The van der Waals surface area contributed by atoms with E-state index in [0.717, 1.165) is 12.6 Å². The molecule has 1 aromatic carbocycles. The number of rotatable bonds is 0. The molecule has 0 saturated carbocycles. The molecule has 1 aromatic rings. The van der Waals surface area contributed by atoms with Crippen LogP contribution in [0.4, 0.5) is 0 Å². The fraction of sp³-hybridized carbons (Fsp3) is 0.417. The second kappa shape index (κ2) is 5.31. The minimum Gasteiger partial charge on any atom is -1.00 e. The Morgan fingerprint density at radius 2 is 2.06 bits per heavy atom. The first-order chi connectivity index (χ1) is 7.38. The topological polar surface area (TPSA) is 3.01 Å². The maximum absolute atomic E-state index is 2.58. The van der Waals surface area contributed by atoms with Crippen molar-refractivity contribution in [3.63, 3.8) is 0 Å². The van der Waals surface area contributed by atoms with Gasteiger partial charge in [-0.05, 0) is 23.6 Å². The lowest BCUT2D eigenvalue weighted by molar-refractivity contribution is -0.572. The van der Waals surface area contributed by atoms with Gasteiger partial charge in [0.15, 0.2) is 12.6 Å². The highest BCUT2D eigenvalue weighted by Gasteiger charge is 2.37. The molecule has 86 valence electrons. The SMILES string of the molecule is CSC1=[N+]2Cc3ccccc3C[C@H]2CS1.[I-]. The third-order valence-corrected chi connectivity index (χ3v) is 5.63. The molecule has 1 nitrogen and oxygen atoms in total. The Morgan fingerprint density at radius 1 is 1.31 bits per heavy atom. The number of hydrogen-bond acceptors (Lipinski definition) is 2. The van der Waals surface area contributed by atoms with Crippen LogP contribution in [0.25, 0.3) is 0 Å². The van der Waals surface area contributed by atoms with Gasteiger partial charge in [0.25, 0.3) is 4.38 Å². The largest absolute Gasteiger partial charge is 1.00 e. The first kappa shape index (κ1) is 12.8. The Balaban J connectivity index is 0.000000963. The summed E-state index contributed by atoms with van der Waals surface area (Å²) in [6.45, 7) is 1.12. The van der Waals surface area contributed by atoms with Crippen LogP contribution in [0, 0.1) is 0 Å². The Bertz CT molecular complexity index is 431. The molecule has 1 atom stereocenters. The smallest absolute Gasteiger partial charge is 0.270 e. The first-order valence-corrected chi connectivity index (χ1v) is 7.46. The van der Waals surface area contributed by atoms with Gasteiger partial charge in [0.1, 0.15) is 0 Å². The van der Waals surface area contributed by atoms with Crippen LogP contribution in [0.15, 0.2) is 24.3 Å². The van der Waals surface area contributed by atoms with E-state index in [1.807, 2.05) is 23.5 Å². The summed E-state index contributed by atoms with van der Waals surface area (Å²) in [7, 11) is 0. The van der Waals surface area contributed by atoms with Crippen molar-refractivity contribution in [1.82, 2.24) is 0 Å². The average molecular weight is 363 g/mol. The zero-order chi connectivity index (χ0) is 10.3. The molecule has 16 heavy (non-hydrogen) atoms. The van der Waals surface area contributed by atoms with Crippen molar-refractivity contribution < 1.29 is 28.6 Å². The molecule has 0 unspecified atom stereocenters. The van der Waals surface area contributed by atoms with Gasteiger partial charge in [-0.1, -0.05) is 36.0 Å². The highest BCUT2D eigenvalue weighted by atomic mass is 127. The number of hydrogen-bond donors (Lipinski definition) is 0. The van der Waals surface area contributed by atoms with Crippen molar-refractivity contribution in [2.45, 2.75) is 19.0 Å². The lowest BCUT2D eigenvalue weighted by atomic mass is 9.96. The van der Waals surface area contributed by atoms with Crippen LogP contribution >= 0.6 is 23.5 Å². The van der Waals surface area contributed by atoms with Gasteiger partial charge in [-0.15, -0.1) is 0 Å². The monoisotopic (exact) mass is 363 g/mol. The maximum Gasteiger partial charge on any atom is 0.270 e. The van der Waals surface area contributed by atoms with Crippen LogP contribution in [0.1, 0.15) is 11.1 Å². The summed E-state index contributed by atoms with van der Waals surface area (Å²) in [5, 5.41) is 0. The molecule has 0 spiro atoms. The van der Waals surface area contributed by atoms with Gasteiger partial charge in [0.05, 0.1) is 5.75 Å². The molecule has 0 aromatic heterocycles. The molecule has 2 aliphatic rings. The third kappa shape index (κ3) is 2.16. The molecule has 0 fully saturated rings. The minimum absolute atomic E-state index is 0. The number of halogens is 1. The van der Waals surface area contributed by atoms with Gasteiger partial charge in [0, 0.05) is 12.0 Å². The van der Waals surface area contributed by atoms with E-state index in [0.29, 0.717) is 0 Å². The summed E-state index contributed by atoms with van der Waals surface area (Å²) < 4.78 is 4.09. The van der Waals surface area contributed by atoms with E-state index in [2.05, 4.69) is 35.1 Å². The molecule has 0 radical (unpaired) electrons. The molecular weight excluding hydrogens is 349 g/mol. The van der Waals surface area contributed by atoms with Crippen molar-refractivity contribution >= 4 is 27.9 Å². The Hall–Kier alpha value is 0.320. The van der Waals surface area contributed by atoms with Crippen molar-refractivity contribution in [3.8, 4) is 0 Å². The zero-order valence-corrected chi connectivity index (χ0v) is 12.9. The lowest BCUT2D eigenvalue weighted by Gasteiger charge is -2.19. The van der Waals surface area contributed by atoms with E-state index in [4.69, 9.17) is 0 Å². The van der Waals surface area contributed by atoms with E-state index in [-0.39, 0.29) is 24.0 Å². The first-order valence-electron chi connectivity index (χ1n) is 5.25. The predicted octanol–water partition coefficient (Wildman–Crippen LogP) is -0.406. The van der Waals surface area contributed by atoms with Crippen LogP contribution in [-0.2, 0) is 13.0 Å². The Labute approximate surface area is 122 Å². The number of benzene rings is 1. The van der Waals surface area contributed by atoms with Crippen LogP contribution in [0.5, 0.6) is 0 Å². The van der Waals surface area contributed by atoms with Crippen LogP contribution < -0.4 is 24.0 Å². The second-order valence-electron chi connectivity index (χ2n) is 4.04. The molecule has 2 aliphatic heterocycles. The summed E-state index contributed by atoms with van der Waals surface area (Å²) >= 11 is 3.92. The Kier molecular flexibility index (Phi) is 4.24. The molecule has 2 heterocycles. The van der Waals surface area contributed by atoms with Gasteiger partial charge in [0.2, 0.25) is 0 Å². The predicted molar refractivity (Wildman–Crippen MR) is 68.9 cm³/mol. The number of thioether (sulfide) groups is 2. The number of nitrogens with zero attached hydrogens (tertiary/aromatic N) is 1. The van der Waals surface area contributed by atoms with E-state index in [1.165, 1.54) is 22.1 Å². The summed E-state index contributed by atoms with van der Waals surface area (Å²) in [5.41, 5.74) is 3.07. The van der Waals surface area contributed by atoms with Crippen molar-refractivity contribution in [3.05, 3.63) is 35.4 Å². The minimum atomic E-state index is 0. The van der Waals surface area contributed by atoms with Gasteiger partial charge in [-0.2, -0.15) is 0 Å². The molecule has 4 heteroatoms. The van der Waals surface area contributed by atoms with E-state index >= 15 is 0 Å². The highest BCUT2D eigenvalue weighted by Crippen LogP contribution is 2.31. The maximum atomic E-state index is 2.58. The van der Waals surface area contributed by atoms with Gasteiger partial charge in [-0.25, -0.2) is 4.58 Å². The zero-order valence-electron chi connectivity index (χ0n) is 9.15. The van der Waals surface area contributed by atoms with Gasteiger partial charge in [-0.3, -0.25) is 0 Å². The van der Waals surface area contributed by atoms with Crippen LogP contribution in [-0.4, -0.2) is 27.0 Å². The fourth-order valence-electron chi connectivity index (χ4n) is 2.38. The highest BCUT2D eigenvalue weighted by molar-refractivity contribution is 8.38.